The molecular weight excluding hydrogens is 314 g/mol. The first kappa shape index (κ1) is 16.3. The van der Waals surface area contributed by atoms with E-state index in [4.69, 9.17) is 16.3 Å². The molecule has 1 aliphatic rings. The molecule has 2 atom stereocenters. The van der Waals surface area contributed by atoms with Crippen molar-refractivity contribution in [3.05, 3.63) is 29.3 Å². The first-order chi connectivity index (χ1) is 9.88. The number of sulfone groups is 1. The van der Waals surface area contributed by atoms with Crippen LogP contribution in [0.5, 0.6) is 0 Å². The van der Waals surface area contributed by atoms with Crippen molar-refractivity contribution in [2.45, 2.75) is 31.1 Å². The summed E-state index contributed by atoms with van der Waals surface area (Å²) in [6, 6.07) is 6.58. The number of carbonyl (C=O) groups is 1. The number of anilines is 1. The Morgan fingerprint density at radius 2 is 2.29 bits per heavy atom. The number of benzene rings is 1. The van der Waals surface area contributed by atoms with Gasteiger partial charge in [-0.25, -0.2) is 8.42 Å². The average molecular weight is 332 g/mol. The first-order valence-corrected chi connectivity index (χ1v) is 8.87. The van der Waals surface area contributed by atoms with Gasteiger partial charge in [0, 0.05) is 17.3 Å². The molecule has 7 heteroatoms. The molecule has 1 aromatic carbocycles. The fourth-order valence-corrected chi connectivity index (χ4v) is 3.80. The van der Waals surface area contributed by atoms with Crippen LogP contribution in [0.1, 0.15) is 19.8 Å². The van der Waals surface area contributed by atoms with Gasteiger partial charge in [-0.1, -0.05) is 17.7 Å². The van der Waals surface area contributed by atoms with E-state index >= 15 is 0 Å². The topological polar surface area (TPSA) is 72.5 Å². The van der Waals surface area contributed by atoms with Gasteiger partial charge in [0.2, 0.25) is 5.91 Å². The van der Waals surface area contributed by atoms with Gasteiger partial charge >= 0.3 is 0 Å². The van der Waals surface area contributed by atoms with Crippen LogP contribution >= 0.6 is 11.6 Å². The van der Waals surface area contributed by atoms with Crippen LogP contribution in [-0.4, -0.2) is 38.0 Å². The highest BCUT2D eigenvalue weighted by Gasteiger charge is 2.32. The maximum Gasteiger partial charge on any atom is 0.242 e. The second-order valence-electron chi connectivity index (χ2n) is 5.11. The standard InChI is InChI=1S/C14H18ClNO4S/c1-10(21(18,19)9-13-6-3-7-20-13)14(17)16-12-5-2-4-11(15)8-12/h2,4-5,8,10,13H,3,6-7,9H2,1H3,(H,16,17). The zero-order valence-electron chi connectivity index (χ0n) is 11.7. The Morgan fingerprint density at radius 1 is 1.52 bits per heavy atom. The molecule has 0 aromatic heterocycles. The molecule has 2 rings (SSSR count). The molecule has 0 saturated carbocycles. The van der Waals surface area contributed by atoms with Gasteiger partial charge in [0.1, 0.15) is 5.25 Å². The molecule has 1 amide bonds. The van der Waals surface area contributed by atoms with Crippen molar-refractivity contribution in [1.82, 2.24) is 0 Å². The van der Waals surface area contributed by atoms with Crippen LogP contribution in [0.4, 0.5) is 5.69 Å². The van der Waals surface area contributed by atoms with Crippen molar-refractivity contribution < 1.29 is 17.9 Å². The first-order valence-electron chi connectivity index (χ1n) is 6.78. The molecule has 1 aromatic rings. The molecule has 2 unspecified atom stereocenters. The number of rotatable bonds is 5. The van der Waals surface area contributed by atoms with E-state index in [1.807, 2.05) is 0 Å². The van der Waals surface area contributed by atoms with Crippen LogP contribution in [0.15, 0.2) is 24.3 Å². The second kappa shape index (κ2) is 6.77. The third kappa shape index (κ3) is 4.43. The third-order valence-electron chi connectivity index (χ3n) is 3.44. The normalized spacial score (nSPS) is 20.2. The van der Waals surface area contributed by atoms with Gasteiger partial charge in [-0.2, -0.15) is 0 Å². The molecule has 0 spiro atoms. The van der Waals surface area contributed by atoms with E-state index in [2.05, 4.69) is 5.32 Å². The fourth-order valence-electron chi connectivity index (χ4n) is 2.15. The lowest BCUT2D eigenvalue weighted by molar-refractivity contribution is -0.115. The number of halogens is 1. The molecule has 1 N–H and O–H groups in total. The van der Waals surface area contributed by atoms with Crippen LogP contribution < -0.4 is 5.32 Å². The van der Waals surface area contributed by atoms with E-state index < -0.39 is 21.0 Å². The van der Waals surface area contributed by atoms with Crippen LogP contribution in [-0.2, 0) is 19.4 Å². The van der Waals surface area contributed by atoms with Gasteiger partial charge in [0.15, 0.2) is 9.84 Å². The number of amides is 1. The molecule has 1 heterocycles. The predicted molar refractivity (Wildman–Crippen MR) is 82.3 cm³/mol. The second-order valence-corrected chi connectivity index (χ2v) is 7.91. The minimum Gasteiger partial charge on any atom is -0.377 e. The molecule has 116 valence electrons. The zero-order chi connectivity index (χ0) is 15.5. The van der Waals surface area contributed by atoms with Crippen molar-refractivity contribution in [2.75, 3.05) is 17.7 Å². The highest BCUT2D eigenvalue weighted by Crippen LogP contribution is 2.18. The van der Waals surface area contributed by atoms with Crippen LogP contribution in [0.2, 0.25) is 5.02 Å². The van der Waals surface area contributed by atoms with Crippen LogP contribution in [0.3, 0.4) is 0 Å². The smallest absolute Gasteiger partial charge is 0.242 e. The summed E-state index contributed by atoms with van der Waals surface area (Å²) in [7, 11) is -3.54. The summed E-state index contributed by atoms with van der Waals surface area (Å²) < 4.78 is 29.8. The Morgan fingerprint density at radius 3 is 2.90 bits per heavy atom. The van der Waals surface area contributed by atoms with Crippen molar-refractivity contribution in [1.29, 1.82) is 0 Å². The molecule has 0 bridgehead atoms. The Labute approximate surface area is 129 Å². The quantitative estimate of drug-likeness (QED) is 0.898. The number of carbonyl (C=O) groups excluding carboxylic acids is 1. The van der Waals surface area contributed by atoms with Gasteiger partial charge in [0.05, 0.1) is 11.9 Å². The molecule has 0 radical (unpaired) electrons. The summed E-state index contributed by atoms with van der Waals surface area (Å²) in [5, 5.41) is 1.92. The molecule has 21 heavy (non-hydrogen) atoms. The number of hydrogen-bond acceptors (Lipinski definition) is 4. The number of hydrogen-bond donors (Lipinski definition) is 1. The summed E-state index contributed by atoms with van der Waals surface area (Å²) in [4.78, 5) is 12.1. The summed E-state index contributed by atoms with van der Waals surface area (Å²) in [6.07, 6.45) is 1.29. The van der Waals surface area contributed by atoms with Crippen molar-refractivity contribution >= 4 is 33.0 Å². The fraction of sp³-hybridized carbons (Fsp3) is 0.500. The Balaban J connectivity index is 2.00. The molecule has 0 aliphatic carbocycles. The Hall–Kier alpha value is -1.11. The van der Waals surface area contributed by atoms with Crippen molar-refractivity contribution in [3.8, 4) is 0 Å². The van der Waals surface area contributed by atoms with E-state index in [0.717, 1.165) is 12.8 Å². The maximum absolute atomic E-state index is 12.2. The lowest BCUT2D eigenvalue weighted by Crippen LogP contribution is -2.37. The predicted octanol–water partition coefficient (Wildman–Crippen LogP) is 2.26. The Kier molecular flexibility index (Phi) is 5.24. The summed E-state index contributed by atoms with van der Waals surface area (Å²) in [5.74, 6) is -0.674. The summed E-state index contributed by atoms with van der Waals surface area (Å²) in [6.45, 7) is 1.98. The molecule has 1 saturated heterocycles. The monoisotopic (exact) mass is 331 g/mol. The molecule has 1 aliphatic heterocycles. The lowest BCUT2D eigenvalue weighted by Gasteiger charge is -2.16. The van der Waals surface area contributed by atoms with Gasteiger partial charge in [-0.05, 0) is 38.0 Å². The van der Waals surface area contributed by atoms with E-state index in [0.29, 0.717) is 17.3 Å². The summed E-state index contributed by atoms with van der Waals surface area (Å²) in [5.41, 5.74) is 0.478. The minimum atomic E-state index is -3.54. The highest BCUT2D eigenvalue weighted by molar-refractivity contribution is 7.92. The summed E-state index contributed by atoms with van der Waals surface area (Å²) >= 11 is 5.83. The van der Waals surface area contributed by atoms with Crippen molar-refractivity contribution in [2.24, 2.45) is 0 Å². The Bertz CT molecular complexity index is 611. The van der Waals surface area contributed by atoms with E-state index in [1.165, 1.54) is 6.92 Å². The lowest BCUT2D eigenvalue weighted by atomic mass is 10.3. The molecular formula is C14H18ClNO4S. The van der Waals surface area contributed by atoms with Crippen molar-refractivity contribution in [3.63, 3.8) is 0 Å². The molecule has 5 nitrogen and oxygen atoms in total. The van der Waals surface area contributed by atoms with E-state index in [9.17, 15) is 13.2 Å². The SMILES string of the molecule is CC(C(=O)Nc1cccc(Cl)c1)S(=O)(=O)CC1CCCO1. The minimum absolute atomic E-state index is 0.114. The van der Waals surface area contributed by atoms with E-state index in [-0.39, 0.29) is 11.9 Å². The van der Waals surface area contributed by atoms with Gasteiger partial charge in [0.25, 0.3) is 0 Å². The van der Waals surface area contributed by atoms with Gasteiger partial charge in [-0.3, -0.25) is 4.79 Å². The number of ether oxygens (including phenoxy) is 1. The maximum atomic E-state index is 12.2. The largest absolute Gasteiger partial charge is 0.377 e. The van der Waals surface area contributed by atoms with Crippen LogP contribution in [0.25, 0.3) is 0 Å². The van der Waals surface area contributed by atoms with E-state index in [1.54, 1.807) is 24.3 Å². The molecule has 1 fully saturated rings. The van der Waals surface area contributed by atoms with Crippen LogP contribution in [0, 0.1) is 0 Å². The average Bonchev–Trinajstić information content (AvgIpc) is 2.89. The van der Waals surface area contributed by atoms with Gasteiger partial charge < -0.3 is 10.1 Å². The van der Waals surface area contributed by atoms with Gasteiger partial charge in [-0.15, -0.1) is 0 Å². The zero-order valence-corrected chi connectivity index (χ0v) is 13.3. The number of nitrogens with one attached hydrogen (secondary N) is 1. The highest BCUT2D eigenvalue weighted by atomic mass is 35.5. The third-order valence-corrected chi connectivity index (χ3v) is 5.81.